The molecule has 2 rings (SSSR count). The van der Waals surface area contributed by atoms with Crippen molar-refractivity contribution in [1.29, 1.82) is 0 Å². The highest BCUT2D eigenvalue weighted by molar-refractivity contribution is 6.36. The fourth-order valence-electron chi connectivity index (χ4n) is 1.97. The molecule has 0 spiro atoms. The van der Waals surface area contributed by atoms with Gasteiger partial charge in [0.1, 0.15) is 5.82 Å². The second-order valence-corrected chi connectivity index (χ2v) is 5.51. The molecule has 0 aliphatic heterocycles. The van der Waals surface area contributed by atoms with Crippen molar-refractivity contribution in [2.45, 2.75) is 12.5 Å². The summed E-state index contributed by atoms with van der Waals surface area (Å²) in [7, 11) is 0. The SMILES string of the molecule is NNC(Cc1c(Cl)cccc1Cl)c1cc(F)ccc1Cl. The Morgan fingerprint density at radius 1 is 1.05 bits per heavy atom. The number of rotatable bonds is 4. The maximum absolute atomic E-state index is 13.4. The van der Waals surface area contributed by atoms with E-state index in [-0.39, 0.29) is 5.82 Å². The molecule has 0 aliphatic carbocycles. The van der Waals surface area contributed by atoms with Crippen LogP contribution in [0.4, 0.5) is 4.39 Å². The number of hydrogen-bond acceptors (Lipinski definition) is 2. The van der Waals surface area contributed by atoms with Crippen molar-refractivity contribution in [3.8, 4) is 0 Å². The lowest BCUT2D eigenvalue weighted by Gasteiger charge is -2.19. The maximum atomic E-state index is 13.4. The van der Waals surface area contributed by atoms with Gasteiger partial charge in [0.25, 0.3) is 0 Å². The van der Waals surface area contributed by atoms with Crippen molar-refractivity contribution in [2.75, 3.05) is 0 Å². The van der Waals surface area contributed by atoms with Gasteiger partial charge in [-0.2, -0.15) is 0 Å². The van der Waals surface area contributed by atoms with Gasteiger partial charge in [-0.1, -0.05) is 40.9 Å². The Bertz CT molecular complexity index is 599. The Kier molecular flexibility index (Phi) is 5.24. The molecule has 0 aromatic heterocycles. The van der Waals surface area contributed by atoms with Crippen LogP contribution in [0.3, 0.4) is 0 Å². The lowest BCUT2D eigenvalue weighted by atomic mass is 9.99. The molecule has 1 atom stereocenters. The largest absolute Gasteiger partial charge is 0.271 e. The zero-order valence-corrected chi connectivity index (χ0v) is 12.6. The Hall–Kier alpha value is -0.840. The van der Waals surface area contributed by atoms with E-state index in [0.717, 1.165) is 5.56 Å². The molecule has 1 unspecified atom stereocenters. The third-order valence-electron chi connectivity index (χ3n) is 3.00. The van der Waals surface area contributed by atoms with Gasteiger partial charge in [-0.3, -0.25) is 11.3 Å². The van der Waals surface area contributed by atoms with Crippen LogP contribution in [-0.4, -0.2) is 0 Å². The number of hydrazine groups is 1. The molecule has 0 bridgehead atoms. The first-order valence-electron chi connectivity index (χ1n) is 5.87. The molecule has 106 valence electrons. The highest BCUT2D eigenvalue weighted by atomic mass is 35.5. The summed E-state index contributed by atoms with van der Waals surface area (Å²) in [6, 6.07) is 8.97. The van der Waals surface area contributed by atoms with Crippen LogP contribution in [0, 0.1) is 5.82 Å². The molecule has 0 aliphatic rings. The first-order valence-corrected chi connectivity index (χ1v) is 7.00. The standard InChI is InChI=1S/C14H12Cl3FN2/c15-11-2-1-3-12(16)9(11)7-14(20-19)10-6-8(18)4-5-13(10)17/h1-6,14,20H,7,19H2. The number of halogens is 4. The predicted octanol–water partition coefficient (Wildman–Crippen LogP) is 4.53. The number of benzene rings is 2. The zero-order valence-electron chi connectivity index (χ0n) is 10.3. The lowest BCUT2D eigenvalue weighted by Crippen LogP contribution is -2.30. The summed E-state index contributed by atoms with van der Waals surface area (Å²) in [5.74, 6) is 5.17. The summed E-state index contributed by atoms with van der Waals surface area (Å²) in [4.78, 5) is 0. The van der Waals surface area contributed by atoms with Gasteiger partial charge >= 0.3 is 0 Å². The minimum Gasteiger partial charge on any atom is -0.271 e. The first-order chi connectivity index (χ1) is 9.52. The smallest absolute Gasteiger partial charge is 0.123 e. The van der Waals surface area contributed by atoms with E-state index in [1.54, 1.807) is 18.2 Å². The molecule has 2 aromatic rings. The second-order valence-electron chi connectivity index (χ2n) is 4.29. The highest BCUT2D eigenvalue weighted by Crippen LogP contribution is 2.31. The topological polar surface area (TPSA) is 38.0 Å². The summed E-state index contributed by atoms with van der Waals surface area (Å²) in [6.07, 6.45) is 0.401. The van der Waals surface area contributed by atoms with Crippen LogP contribution in [0.2, 0.25) is 15.1 Å². The molecular formula is C14H12Cl3FN2. The van der Waals surface area contributed by atoms with Crippen LogP contribution < -0.4 is 11.3 Å². The second kappa shape index (κ2) is 6.74. The van der Waals surface area contributed by atoms with Crippen LogP contribution >= 0.6 is 34.8 Å². The van der Waals surface area contributed by atoms with Gasteiger partial charge in [0.05, 0.1) is 6.04 Å². The third kappa shape index (κ3) is 3.43. The summed E-state index contributed by atoms with van der Waals surface area (Å²) < 4.78 is 13.4. The van der Waals surface area contributed by atoms with Gasteiger partial charge in [-0.15, -0.1) is 0 Å². The van der Waals surface area contributed by atoms with E-state index in [9.17, 15) is 4.39 Å². The first kappa shape index (κ1) is 15.5. The number of nitrogens with one attached hydrogen (secondary N) is 1. The van der Waals surface area contributed by atoms with Gasteiger partial charge in [0.15, 0.2) is 0 Å². The molecule has 0 heterocycles. The number of hydrogen-bond donors (Lipinski definition) is 2. The maximum Gasteiger partial charge on any atom is 0.123 e. The fourth-order valence-corrected chi connectivity index (χ4v) is 2.77. The molecule has 0 saturated carbocycles. The Balaban J connectivity index is 2.36. The molecule has 2 aromatic carbocycles. The third-order valence-corrected chi connectivity index (χ3v) is 4.06. The van der Waals surface area contributed by atoms with Crippen LogP contribution in [0.1, 0.15) is 17.2 Å². The normalized spacial score (nSPS) is 12.4. The monoisotopic (exact) mass is 332 g/mol. The van der Waals surface area contributed by atoms with Crippen LogP contribution in [-0.2, 0) is 6.42 Å². The molecule has 0 amide bonds. The predicted molar refractivity (Wildman–Crippen MR) is 81.6 cm³/mol. The minimum atomic E-state index is -0.393. The highest BCUT2D eigenvalue weighted by Gasteiger charge is 2.18. The Morgan fingerprint density at radius 2 is 1.70 bits per heavy atom. The van der Waals surface area contributed by atoms with E-state index >= 15 is 0 Å². The summed E-state index contributed by atoms with van der Waals surface area (Å²) >= 11 is 18.3. The van der Waals surface area contributed by atoms with E-state index in [0.29, 0.717) is 27.1 Å². The van der Waals surface area contributed by atoms with E-state index in [4.69, 9.17) is 40.6 Å². The summed E-state index contributed by atoms with van der Waals surface area (Å²) in [5.41, 5.74) is 3.92. The summed E-state index contributed by atoms with van der Waals surface area (Å²) in [6.45, 7) is 0. The molecule has 20 heavy (non-hydrogen) atoms. The van der Waals surface area contributed by atoms with Gasteiger partial charge in [0.2, 0.25) is 0 Å². The molecule has 2 nitrogen and oxygen atoms in total. The van der Waals surface area contributed by atoms with Crippen molar-refractivity contribution in [3.63, 3.8) is 0 Å². The fraction of sp³-hybridized carbons (Fsp3) is 0.143. The van der Waals surface area contributed by atoms with Crippen molar-refractivity contribution < 1.29 is 4.39 Å². The Labute approximate surface area is 131 Å². The molecule has 0 saturated heterocycles. The quantitative estimate of drug-likeness (QED) is 0.637. The molecular weight excluding hydrogens is 322 g/mol. The van der Waals surface area contributed by atoms with Gasteiger partial charge in [-0.05, 0) is 47.9 Å². The van der Waals surface area contributed by atoms with Crippen molar-refractivity contribution in [1.82, 2.24) is 5.43 Å². The molecule has 0 fully saturated rings. The van der Waals surface area contributed by atoms with Gasteiger partial charge in [-0.25, -0.2) is 4.39 Å². The van der Waals surface area contributed by atoms with E-state index in [1.165, 1.54) is 18.2 Å². The van der Waals surface area contributed by atoms with Crippen LogP contribution in [0.5, 0.6) is 0 Å². The van der Waals surface area contributed by atoms with Crippen LogP contribution in [0.25, 0.3) is 0 Å². The Morgan fingerprint density at radius 3 is 2.30 bits per heavy atom. The van der Waals surface area contributed by atoms with Gasteiger partial charge < -0.3 is 0 Å². The average molecular weight is 334 g/mol. The van der Waals surface area contributed by atoms with E-state index in [2.05, 4.69) is 5.43 Å². The van der Waals surface area contributed by atoms with Crippen molar-refractivity contribution in [2.24, 2.45) is 5.84 Å². The van der Waals surface area contributed by atoms with Crippen LogP contribution in [0.15, 0.2) is 36.4 Å². The molecule has 0 radical (unpaired) electrons. The molecule has 6 heteroatoms. The minimum absolute atomic E-state index is 0.380. The van der Waals surface area contributed by atoms with E-state index in [1.807, 2.05) is 0 Å². The molecule has 3 N–H and O–H groups in total. The van der Waals surface area contributed by atoms with E-state index < -0.39 is 6.04 Å². The summed E-state index contributed by atoms with van der Waals surface area (Å²) in [5, 5.41) is 1.49. The zero-order chi connectivity index (χ0) is 14.7. The number of nitrogens with two attached hydrogens (primary N) is 1. The average Bonchev–Trinajstić information content (AvgIpc) is 2.42. The van der Waals surface area contributed by atoms with Crippen molar-refractivity contribution >= 4 is 34.8 Å². The van der Waals surface area contributed by atoms with Crippen molar-refractivity contribution in [3.05, 3.63) is 68.4 Å². The van der Waals surface area contributed by atoms with Gasteiger partial charge in [0, 0.05) is 15.1 Å². The lowest BCUT2D eigenvalue weighted by molar-refractivity contribution is 0.545.